The van der Waals surface area contributed by atoms with Crippen LogP contribution in [0.5, 0.6) is 0 Å². The molecule has 22 heavy (non-hydrogen) atoms. The number of ether oxygens (including phenoxy) is 1. The molecular formula is C19H20O3. The first-order valence-corrected chi connectivity index (χ1v) is 7.69. The maximum absolute atomic E-state index is 12.9. The lowest BCUT2D eigenvalue weighted by molar-refractivity contribution is -0.149. The van der Waals surface area contributed by atoms with Gasteiger partial charge in [-0.1, -0.05) is 31.2 Å². The van der Waals surface area contributed by atoms with Crippen molar-refractivity contribution in [3.05, 3.63) is 47.0 Å². The van der Waals surface area contributed by atoms with Gasteiger partial charge in [-0.2, -0.15) is 0 Å². The number of aryl methyl sites for hydroxylation is 2. The Morgan fingerprint density at radius 3 is 2.59 bits per heavy atom. The van der Waals surface area contributed by atoms with Crippen LogP contribution >= 0.6 is 0 Å². The molecule has 1 aliphatic rings. The number of Topliss-reactive ketones (excluding diaryl/α,β-unsaturated/α-hetero) is 1. The summed E-state index contributed by atoms with van der Waals surface area (Å²) in [6.45, 7) is 3.78. The molecule has 0 N–H and O–H groups in total. The molecule has 0 amide bonds. The van der Waals surface area contributed by atoms with Gasteiger partial charge in [-0.05, 0) is 54.2 Å². The molecule has 0 saturated heterocycles. The van der Waals surface area contributed by atoms with Gasteiger partial charge >= 0.3 is 5.97 Å². The van der Waals surface area contributed by atoms with Gasteiger partial charge in [0.15, 0.2) is 5.78 Å². The summed E-state index contributed by atoms with van der Waals surface area (Å²) in [6, 6.07) is 10.2. The van der Waals surface area contributed by atoms with Crippen LogP contribution in [0.3, 0.4) is 0 Å². The number of hydrogen-bond donors (Lipinski definition) is 0. The molecule has 1 atom stereocenters. The van der Waals surface area contributed by atoms with E-state index in [0.717, 1.165) is 29.4 Å². The van der Waals surface area contributed by atoms with Gasteiger partial charge in [0.25, 0.3) is 0 Å². The van der Waals surface area contributed by atoms with E-state index in [1.54, 1.807) is 6.92 Å². The monoisotopic (exact) mass is 296 g/mol. The van der Waals surface area contributed by atoms with Gasteiger partial charge in [0, 0.05) is 5.56 Å². The summed E-state index contributed by atoms with van der Waals surface area (Å²) < 4.78 is 4.86. The molecular weight excluding hydrogens is 276 g/mol. The Morgan fingerprint density at radius 1 is 1.27 bits per heavy atom. The van der Waals surface area contributed by atoms with Gasteiger partial charge in [0.1, 0.15) is 5.41 Å². The van der Waals surface area contributed by atoms with Gasteiger partial charge in [-0.25, -0.2) is 0 Å². The van der Waals surface area contributed by atoms with Gasteiger partial charge in [0.05, 0.1) is 7.11 Å². The van der Waals surface area contributed by atoms with E-state index in [1.165, 1.54) is 12.5 Å². The zero-order valence-corrected chi connectivity index (χ0v) is 13.2. The lowest BCUT2D eigenvalue weighted by Crippen LogP contribution is -2.41. The summed E-state index contributed by atoms with van der Waals surface area (Å²) in [5, 5.41) is 2.34. The fourth-order valence-corrected chi connectivity index (χ4v) is 3.48. The van der Waals surface area contributed by atoms with E-state index in [1.807, 2.05) is 18.2 Å². The van der Waals surface area contributed by atoms with Crippen LogP contribution in [0.2, 0.25) is 0 Å². The molecule has 1 unspecified atom stereocenters. The summed E-state index contributed by atoms with van der Waals surface area (Å²) >= 11 is 0. The standard InChI is InChI=1S/C19H20O3/c1-4-12-11-16-15(14-8-6-5-7-13(12)14)9-10-19(2,17(16)20)18(21)22-3/h5-8,11H,4,9-10H2,1-3H3. The van der Waals surface area contributed by atoms with Gasteiger partial charge in [-0.3, -0.25) is 9.59 Å². The Kier molecular flexibility index (Phi) is 3.51. The highest BCUT2D eigenvalue weighted by atomic mass is 16.5. The third kappa shape index (κ3) is 1.96. The van der Waals surface area contributed by atoms with E-state index in [0.29, 0.717) is 12.0 Å². The van der Waals surface area contributed by atoms with Crippen molar-refractivity contribution in [3.63, 3.8) is 0 Å². The van der Waals surface area contributed by atoms with Crippen molar-refractivity contribution in [2.45, 2.75) is 33.1 Å². The van der Waals surface area contributed by atoms with Crippen LogP contribution < -0.4 is 0 Å². The van der Waals surface area contributed by atoms with Crippen molar-refractivity contribution in [3.8, 4) is 0 Å². The first-order valence-electron chi connectivity index (χ1n) is 7.69. The smallest absolute Gasteiger partial charge is 0.319 e. The van der Waals surface area contributed by atoms with Gasteiger partial charge in [0.2, 0.25) is 0 Å². The minimum absolute atomic E-state index is 0.110. The maximum Gasteiger partial charge on any atom is 0.319 e. The lowest BCUT2D eigenvalue weighted by atomic mass is 9.70. The molecule has 0 aliphatic heterocycles. The first kappa shape index (κ1) is 14.8. The Bertz CT molecular complexity index is 776. The number of hydrogen-bond acceptors (Lipinski definition) is 3. The summed E-state index contributed by atoms with van der Waals surface area (Å²) in [5.41, 5.74) is 1.85. The number of fused-ring (bicyclic) bond motifs is 3. The molecule has 1 aliphatic carbocycles. The number of benzene rings is 2. The lowest BCUT2D eigenvalue weighted by Gasteiger charge is -2.31. The Morgan fingerprint density at radius 2 is 1.95 bits per heavy atom. The van der Waals surface area contributed by atoms with E-state index >= 15 is 0 Å². The van der Waals surface area contributed by atoms with Crippen molar-refractivity contribution < 1.29 is 14.3 Å². The molecule has 0 heterocycles. The molecule has 0 spiro atoms. The average Bonchev–Trinajstić information content (AvgIpc) is 2.56. The minimum atomic E-state index is -1.06. The van der Waals surface area contributed by atoms with E-state index in [9.17, 15) is 9.59 Å². The number of carbonyl (C=O) groups is 2. The highest BCUT2D eigenvalue weighted by Gasteiger charge is 2.46. The minimum Gasteiger partial charge on any atom is -0.468 e. The van der Waals surface area contributed by atoms with Crippen molar-refractivity contribution in [2.24, 2.45) is 5.41 Å². The van der Waals surface area contributed by atoms with Crippen molar-refractivity contribution in [1.82, 2.24) is 0 Å². The Labute approximate surface area is 130 Å². The number of esters is 1. The maximum atomic E-state index is 12.9. The number of methoxy groups -OCH3 is 1. The Hall–Kier alpha value is -2.16. The van der Waals surface area contributed by atoms with Gasteiger partial charge in [-0.15, -0.1) is 0 Å². The van der Waals surface area contributed by atoms with Crippen LogP contribution in [0.15, 0.2) is 30.3 Å². The van der Waals surface area contributed by atoms with Crippen LogP contribution in [-0.4, -0.2) is 18.9 Å². The highest BCUT2D eigenvalue weighted by molar-refractivity contribution is 6.16. The molecule has 0 saturated carbocycles. The van der Waals surface area contributed by atoms with Crippen LogP contribution in [0.4, 0.5) is 0 Å². The van der Waals surface area contributed by atoms with Crippen molar-refractivity contribution >= 4 is 22.5 Å². The van der Waals surface area contributed by atoms with E-state index in [-0.39, 0.29) is 5.78 Å². The summed E-state index contributed by atoms with van der Waals surface area (Å²) in [5.74, 6) is -0.546. The SMILES string of the molecule is CCc1cc2c(c3ccccc13)CCC(C)(C(=O)OC)C2=O. The number of rotatable bonds is 2. The van der Waals surface area contributed by atoms with E-state index < -0.39 is 11.4 Å². The Balaban J connectivity index is 2.25. The molecule has 114 valence electrons. The summed E-state index contributed by atoms with van der Waals surface area (Å²) in [6.07, 6.45) is 2.08. The highest BCUT2D eigenvalue weighted by Crippen LogP contribution is 2.40. The zero-order chi connectivity index (χ0) is 15.9. The largest absolute Gasteiger partial charge is 0.468 e. The molecule has 3 heteroatoms. The molecule has 0 bridgehead atoms. The van der Waals surface area contributed by atoms with E-state index in [4.69, 9.17) is 4.74 Å². The van der Waals surface area contributed by atoms with Crippen LogP contribution in [0.1, 0.15) is 41.8 Å². The zero-order valence-electron chi connectivity index (χ0n) is 13.2. The predicted octanol–water partition coefficient (Wildman–Crippen LogP) is 3.71. The average molecular weight is 296 g/mol. The van der Waals surface area contributed by atoms with Gasteiger partial charge < -0.3 is 4.74 Å². The molecule has 2 aromatic carbocycles. The topological polar surface area (TPSA) is 43.4 Å². The van der Waals surface area contributed by atoms with Crippen LogP contribution in [0.25, 0.3) is 10.8 Å². The van der Waals surface area contributed by atoms with E-state index in [2.05, 4.69) is 19.1 Å². The fourth-order valence-electron chi connectivity index (χ4n) is 3.48. The molecule has 0 radical (unpaired) electrons. The second-order valence-electron chi connectivity index (χ2n) is 6.11. The molecule has 3 rings (SSSR count). The predicted molar refractivity (Wildman–Crippen MR) is 86.1 cm³/mol. The normalized spacial score (nSPS) is 20.8. The third-order valence-electron chi connectivity index (χ3n) is 4.88. The molecule has 0 fully saturated rings. The van der Waals surface area contributed by atoms with Crippen LogP contribution in [0, 0.1) is 5.41 Å². The number of carbonyl (C=O) groups excluding carboxylic acids is 2. The third-order valence-corrected chi connectivity index (χ3v) is 4.88. The summed E-state index contributed by atoms with van der Waals surface area (Å²) in [4.78, 5) is 25.0. The van der Waals surface area contributed by atoms with Crippen LogP contribution in [-0.2, 0) is 22.4 Å². The summed E-state index contributed by atoms with van der Waals surface area (Å²) in [7, 11) is 1.34. The van der Waals surface area contributed by atoms with Crippen molar-refractivity contribution in [2.75, 3.05) is 7.11 Å². The molecule has 0 aromatic heterocycles. The van der Waals surface area contributed by atoms with Crippen molar-refractivity contribution in [1.29, 1.82) is 0 Å². The second-order valence-corrected chi connectivity index (χ2v) is 6.11. The first-order chi connectivity index (χ1) is 10.5. The second kappa shape index (κ2) is 5.24. The molecule has 2 aromatic rings. The fraction of sp³-hybridized carbons (Fsp3) is 0.368. The molecule has 3 nitrogen and oxygen atoms in total. The number of ketones is 1. The quantitative estimate of drug-likeness (QED) is 0.627.